The van der Waals surface area contributed by atoms with Crippen LogP contribution in [0.1, 0.15) is 0 Å². The Labute approximate surface area is 79.8 Å². The van der Waals surface area contributed by atoms with Gasteiger partial charge >= 0.3 is 0 Å². The summed E-state index contributed by atoms with van der Waals surface area (Å²) in [6.07, 6.45) is 1.55. The van der Waals surface area contributed by atoms with Crippen molar-refractivity contribution in [2.75, 3.05) is 40.5 Å². The van der Waals surface area contributed by atoms with Crippen molar-refractivity contribution in [2.45, 2.75) is 6.29 Å². The molecule has 4 nitrogen and oxygen atoms in total. The molecule has 0 aromatic heterocycles. The van der Waals surface area contributed by atoms with Crippen LogP contribution in [0.4, 0.5) is 0 Å². The maximum atomic E-state index is 8.76. The Balaban J connectivity index is 3.82. The van der Waals surface area contributed by atoms with Crippen molar-refractivity contribution < 1.29 is 14.6 Å². The van der Waals surface area contributed by atoms with Gasteiger partial charge in [-0.15, -0.1) is 6.58 Å². The fraction of sp³-hybridized carbons (Fsp3) is 0.778. The summed E-state index contributed by atoms with van der Waals surface area (Å²) in [5.41, 5.74) is 0. The van der Waals surface area contributed by atoms with E-state index in [0.29, 0.717) is 13.1 Å². The van der Waals surface area contributed by atoms with Gasteiger partial charge in [-0.3, -0.25) is 4.90 Å². The highest BCUT2D eigenvalue weighted by Gasteiger charge is 2.10. The molecular weight excluding hydrogens is 170 g/mol. The van der Waals surface area contributed by atoms with Crippen molar-refractivity contribution in [2.24, 2.45) is 0 Å². The molecule has 0 aromatic carbocycles. The van der Waals surface area contributed by atoms with E-state index in [-0.39, 0.29) is 12.9 Å². The zero-order valence-corrected chi connectivity index (χ0v) is 8.40. The third kappa shape index (κ3) is 5.76. The molecule has 0 heterocycles. The van der Waals surface area contributed by atoms with Gasteiger partial charge in [-0.2, -0.15) is 0 Å². The largest absolute Gasteiger partial charge is 0.395 e. The number of rotatable bonds is 8. The zero-order valence-electron chi connectivity index (χ0n) is 8.40. The smallest absolute Gasteiger partial charge is 0.169 e. The van der Waals surface area contributed by atoms with Crippen LogP contribution in [-0.4, -0.2) is 56.8 Å². The molecule has 0 bridgehead atoms. The molecule has 1 N–H and O–H groups in total. The Morgan fingerprint density at radius 3 is 2.46 bits per heavy atom. The quantitative estimate of drug-likeness (QED) is 0.434. The van der Waals surface area contributed by atoms with Crippen molar-refractivity contribution in [3.05, 3.63) is 12.7 Å². The molecule has 0 aliphatic carbocycles. The molecule has 0 unspecified atom stereocenters. The normalized spacial score (nSPS) is 11.2. The summed E-state index contributed by atoms with van der Waals surface area (Å²) in [6, 6.07) is 0. The number of nitrogens with zero attached hydrogens (tertiary/aromatic N) is 1. The van der Waals surface area contributed by atoms with Gasteiger partial charge in [0.15, 0.2) is 6.29 Å². The lowest BCUT2D eigenvalue weighted by molar-refractivity contribution is -0.115. The third-order valence-corrected chi connectivity index (χ3v) is 1.74. The average Bonchev–Trinajstić information content (AvgIpc) is 2.14. The summed E-state index contributed by atoms with van der Waals surface area (Å²) in [7, 11) is 3.19. The minimum atomic E-state index is -0.244. The SMILES string of the molecule is C=CCN(CCO)CC(OC)OC. The standard InChI is InChI=1S/C9H19NO3/c1-4-5-10(6-7-11)8-9(12-2)13-3/h4,9,11H,1,5-8H2,2-3H3. The van der Waals surface area contributed by atoms with Crippen molar-refractivity contribution in [3.63, 3.8) is 0 Å². The second kappa shape index (κ2) is 8.19. The van der Waals surface area contributed by atoms with Crippen LogP contribution < -0.4 is 0 Å². The van der Waals surface area contributed by atoms with Gasteiger partial charge in [0.05, 0.1) is 6.61 Å². The minimum absolute atomic E-state index is 0.133. The van der Waals surface area contributed by atoms with Crippen LogP contribution in [-0.2, 0) is 9.47 Å². The topological polar surface area (TPSA) is 41.9 Å². The second-order valence-electron chi connectivity index (χ2n) is 2.67. The van der Waals surface area contributed by atoms with Gasteiger partial charge in [0.25, 0.3) is 0 Å². The second-order valence-corrected chi connectivity index (χ2v) is 2.67. The van der Waals surface area contributed by atoms with Gasteiger partial charge in [0.1, 0.15) is 0 Å². The molecule has 0 fully saturated rings. The fourth-order valence-corrected chi connectivity index (χ4v) is 1.04. The van der Waals surface area contributed by atoms with Crippen molar-refractivity contribution >= 4 is 0 Å². The molecule has 4 heteroatoms. The van der Waals surface area contributed by atoms with Gasteiger partial charge in [-0.25, -0.2) is 0 Å². The number of ether oxygens (including phenoxy) is 2. The van der Waals surface area contributed by atoms with Gasteiger partial charge < -0.3 is 14.6 Å². The van der Waals surface area contributed by atoms with Gasteiger partial charge in [0, 0.05) is 33.9 Å². The highest BCUT2D eigenvalue weighted by Crippen LogP contribution is 1.96. The summed E-state index contributed by atoms with van der Waals surface area (Å²) in [4.78, 5) is 2.00. The molecule has 0 radical (unpaired) electrons. The lowest BCUT2D eigenvalue weighted by Crippen LogP contribution is -2.36. The van der Waals surface area contributed by atoms with E-state index >= 15 is 0 Å². The fourth-order valence-electron chi connectivity index (χ4n) is 1.04. The Bertz CT molecular complexity index is 126. The minimum Gasteiger partial charge on any atom is -0.395 e. The lowest BCUT2D eigenvalue weighted by atomic mass is 10.4. The zero-order chi connectivity index (χ0) is 10.1. The average molecular weight is 189 g/mol. The van der Waals surface area contributed by atoms with Gasteiger partial charge in [-0.1, -0.05) is 6.08 Å². The summed E-state index contributed by atoms with van der Waals surface area (Å²) in [6.45, 7) is 5.74. The van der Waals surface area contributed by atoms with E-state index in [2.05, 4.69) is 6.58 Å². The summed E-state index contributed by atoms with van der Waals surface area (Å²) in [5, 5.41) is 8.76. The van der Waals surface area contributed by atoms with Crippen molar-refractivity contribution in [1.29, 1.82) is 0 Å². The number of hydrogen-bond acceptors (Lipinski definition) is 4. The van der Waals surface area contributed by atoms with Crippen LogP contribution in [0, 0.1) is 0 Å². The molecule has 0 aliphatic rings. The van der Waals surface area contributed by atoms with E-state index in [1.54, 1.807) is 20.3 Å². The molecule has 0 amide bonds. The number of aliphatic hydroxyl groups is 1. The van der Waals surface area contributed by atoms with E-state index in [0.717, 1.165) is 6.54 Å². The Kier molecular flexibility index (Phi) is 7.93. The van der Waals surface area contributed by atoms with E-state index in [1.165, 1.54) is 0 Å². The number of methoxy groups -OCH3 is 2. The molecule has 0 aliphatic heterocycles. The Morgan fingerprint density at radius 1 is 1.46 bits per heavy atom. The van der Waals surface area contributed by atoms with Crippen molar-refractivity contribution in [1.82, 2.24) is 4.90 Å². The van der Waals surface area contributed by atoms with E-state index in [4.69, 9.17) is 14.6 Å². The van der Waals surface area contributed by atoms with Crippen molar-refractivity contribution in [3.8, 4) is 0 Å². The van der Waals surface area contributed by atoms with Crippen LogP contribution in [0.2, 0.25) is 0 Å². The van der Waals surface area contributed by atoms with Crippen LogP contribution in [0.5, 0.6) is 0 Å². The van der Waals surface area contributed by atoms with E-state index in [1.807, 2.05) is 4.90 Å². The first-order valence-electron chi connectivity index (χ1n) is 4.28. The van der Waals surface area contributed by atoms with E-state index < -0.39 is 0 Å². The maximum absolute atomic E-state index is 8.76. The number of aliphatic hydroxyl groups excluding tert-OH is 1. The van der Waals surface area contributed by atoms with Crippen LogP contribution in [0.3, 0.4) is 0 Å². The molecule has 0 rings (SSSR count). The lowest BCUT2D eigenvalue weighted by Gasteiger charge is -2.23. The van der Waals surface area contributed by atoms with Crippen LogP contribution in [0.15, 0.2) is 12.7 Å². The van der Waals surface area contributed by atoms with Crippen LogP contribution in [0.25, 0.3) is 0 Å². The first-order valence-corrected chi connectivity index (χ1v) is 4.28. The highest BCUT2D eigenvalue weighted by atomic mass is 16.7. The molecule has 0 atom stereocenters. The van der Waals surface area contributed by atoms with Gasteiger partial charge in [-0.05, 0) is 0 Å². The maximum Gasteiger partial charge on any atom is 0.169 e. The summed E-state index contributed by atoms with van der Waals surface area (Å²) < 4.78 is 10.1. The first-order chi connectivity index (χ1) is 6.28. The highest BCUT2D eigenvalue weighted by molar-refractivity contribution is 4.73. The molecule has 0 spiro atoms. The first kappa shape index (κ1) is 12.6. The predicted octanol–water partition coefficient (Wildman–Crippen LogP) is 0.0856. The summed E-state index contributed by atoms with van der Waals surface area (Å²) >= 11 is 0. The Morgan fingerprint density at radius 2 is 2.08 bits per heavy atom. The molecular formula is C9H19NO3. The molecule has 78 valence electrons. The molecule has 13 heavy (non-hydrogen) atoms. The molecule has 0 aromatic rings. The van der Waals surface area contributed by atoms with E-state index in [9.17, 15) is 0 Å². The Hall–Kier alpha value is -0.420. The number of hydrogen-bond donors (Lipinski definition) is 1. The van der Waals surface area contributed by atoms with Gasteiger partial charge in [0.2, 0.25) is 0 Å². The summed E-state index contributed by atoms with van der Waals surface area (Å²) in [5.74, 6) is 0. The molecule has 0 saturated heterocycles. The van der Waals surface area contributed by atoms with Crippen LogP contribution >= 0.6 is 0 Å². The third-order valence-electron chi connectivity index (χ3n) is 1.74. The molecule has 0 saturated carbocycles. The predicted molar refractivity (Wildman–Crippen MR) is 51.5 cm³/mol. The monoisotopic (exact) mass is 189 g/mol.